The van der Waals surface area contributed by atoms with E-state index in [0.717, 1.165) is 36.7 Å². The first-order chi connectivity index (χ1) is 14.6. The van der Waals surface area contributed by atoms with Gasteiger partial charge in [-0.2, -0.15) is 0 Å². The summed E-state index contributed by atoms with van der Waals surface area (Å²) in [5.41, 5.74) is 1.20. The van der Waals surface area contributed by atoms with Crippen molar-refractivity contribution >= 4 is 27.7 Å². The first-order valence-corrected chi connectivity index (χ1v) is 11.4. The monoisotopic (exact) mass is 470 g/mol. The second kappa shape index (κ2) is 9.65. The molecule has 30 heavy (non-hydrogen) atoms. The number of piperidine rings is 1. The Labute approximate surface area is 186 Å². The summed E-state index contributed by atoms with van der Waals surface area (Å²) in [6, 6.07) is 17.8. The van der Waals surface area contributed by atoms with Crippen LogP contribution in [0.4, 0.5) is 0 Å². The molecule has 5 nitrogen and oxygen atoms in total. The normalized spacial score (nSPS) is 19.7. The van der Waals surface area contributed by atoms with Crippen molar-refractivity contribution in [3.8, 4) is 5.75 Å². The van der Waals surface area contributed by atoms with Crippen LogP contribution in [0.2, 0.25) is 0 Å². The minimum absolute atomic E-state index is 0.000130. The standard InChI is InChI=1S/C24H27BrN2O3/c25-20-10-8-18(9-11-20)22-7-4-14-27(22)24(29)19-12-15-26(16-13-19)23(28)17-30-21-5-2-1-3-6-21/h1-3,5-6,8-11,19,22H,4,7,12-17H2. The minimum Gasteiger partial charge on any atom is -0.484 e. The molecule has 1 atom stereocenters. The Bertz CT molecular complexity index is 864. The maximum Gasteiger partial charge on any atom is 0.260 e. The van der Waals surface area contributed by atoms with E-state index >= 15 is 0 Å². The number of rotatable bonds is 5. The summed E-state index contributed by atoms with van der Waals surface area (Å²) in [7, 11) is 0. The molecule has 2 saturated heterocycles. The summed E-state index contributed by atoms with van der Waals surface area (Å²) < 4.78 is 6.63. The Balaban J connectivity index is 1.29. The molecule has 0 spiro atoms. The predicted octanol–water partition coefficient (Wildman–Crippen LogP) is 4.43. The molecule has 0 aliphatic carbocycles. The molecule has 0 aromatic heterocycles. The van der Waals surface area contributed by atoms with Crippen molar-refractivity contribution in [2.45, 2.75) is 31.7 Å². The van der Waals surface area contributed by atoms with Gasteiger partial charge < -0.3 is 14.5 Å². The summed E-state index contributed by atoms with van der Waals surface area (Å²) in [5, 5.41) is 0. The van der Waals surface area contributed by atoms with E-state index in [9.17, 15) is 9.59 Å². The van der Waals surface area contributed by atoms with Gasteiger partial charge in [0.2, 0.25) is 5.91 Å². The Kier molecular flexibility index (Phi) is 6.72. The molecule has 0 radical (unpaired) electrons. The maximum absolute atomic E-state index is 13.2. The molecule has 0 N–H and O–H groups in total. The topological polar surface area (TPSA) is 49.9 Å². The molecule has 2 aliphatic rings. The van der Waals surface area contributed by atoms with Crippen LogP contribution in [0.5, 0.6) is 5.75 Å². The zero-order valence-electron chi connectivity index (χ0n) is 17.0. The van der Waals surface area contributed by atoms with Gasteiger partial charge in [-0.15, -0.1) is 0 Å². The highest BCUT2D eigenvalue weighted by molar-refractivity contribution is 9.10. The second-order valence-electron chi connectivity index (χ2n) is 8.00. The lowest BCUT2D eigenvalue weighted by Crippen LogP contribution is -2.45. The van der Waals surface area contributed by atoms with Crippen molar-refractivity contribution in [1.82, 2.24) is 9.80 Å². The zero-order chi connectivity index (χ0) is 20.9. The van der Waals surface area contributed by atoms with Crippen LogP contribution in [-0.2, 0) is 9.59 Å². The van der Waals surface area contributed by atoms with E-state index in [1.54, 1.807) is 0 Å². The summed E-state index contributed by atoms with van der Waals surface area (Å²) in [6.07, 6.45) is 3.50. The quantitative estimate of drug-likeness (QED) is 0.649. The van der Waals surface area contributed by atoms with Gasteiger partial charge >= 0.3 is 0 Å². The minimum atomic E-state index is -0.0151. The third-order valence-corrected chi connectivity index (χ3v) is 6.62. The average Bonchev–Trinajstić information content (AvgIpc) is 3.28. The SMILES string of the molecule is O=C(COc1ccccc1)N1CCC(C(=O)N2CCCC2c2ccc(Br)cc2)CC1. The van der Waals surface area contributed by atoms with Crippen molar-refractivity contribution in [3.05, 3.63) is 64.6 Å². The van der Waals surface area contributed by atoms with E-state index < -0.39 is 0 Å². The summed E-state index contributed by atoms with van der Waals surface area (Å²) in [4.78, 5) is 29.6. The van der Waals surface area contributed by atoms with Crippen molar-refractivity contribution in [2.75, 3.05) is 26.2 Å². The van der Waals surface area contributed by atoms with Gasteiger partial charge in [-0.25, -0.2) is 0 Å². The van der Waals surface area contributed by atoms with Gasteiger partial charge in [0.05, 0.1) is 6.04 Å². The number of halogens is 1. The van der Waals surface area contributed by atoms with Crippen LogP contribution in [0.25, 0.3) is 0 Å². The fraction of sp³-hybridized carbons (Fsp3) is 0.417. The summed E-state index contributed by atoms with van der Waals surface area (Å²) in [6.45, 7) is 2.10. The third kappa shape index (κ3) is 4.86. The number of likely N-dealkylation sites (tertiary alicyclic amines) is 2. The molecular weight excluding hydrogens is 444 g/mol. The Hall–Kier alpha value is -2.34. The zero-order valence-corrected chi connectivity index (χ0v) is 18.6. The molecule has 2 aromatic carbocycles. The largest absolute Gasteiger partial charge is 0.484 e. The van der Waals surface area contributed by atoms with E-state index in [0.29, 0.717) is 18.8 Å². The van der Waals surface area contributed by atoms with Crippen molar-refractivity contribution < 1.29 is 14.3 Å². The van der Waals surface area contributed by atoms with Crippen LogP contribution in [0.1, 0.15) is 37.3 Å². The van der Waals surface area contributed by atoms with E-state index in [2.05, 4.69) is 33.0 Å². The number of amides is 2. The average molecular weight is 471 g/mol. The van der Waals surface area contributed by atoms with Crippen molar-refractivity contribution in [2.24, 2.45) is 5.92 Å². The molecule has 2 heterocycles. The lowest BCUT2D eigenvalue weighted by Gasteiger charge is -2.35. The molecule has 4 rings (SSSR count). The Morgan fingerprint density at radius 3 is 2.33 bits per heavy atom. The van der Waals surface area contributed by atoms with E-state index in [1.165, 1.54) is 5.56 Å². The molecule has 2 aromatic rings. The molecule has 158 valence electrons. The molecule has 2 amide bonds. The molecule has 1 unspecified atom stereocenters. The highest BCUT2D eigenvalue weighted by Crippen LogP contribution is 2.35. The molecule has 2 aliphatic heterocycles. The molecule has 6 heteroatoms. The smallest absolute Gasteiger partial charge is 0.260 e. The number of carbonyl (C=O) groups excluding carboxylic acids is 2. The number of hydrogen-bond acceptors (Lipinski definition) is 3. The first-order valence-electron chi connectivity index (χ1n) is 10.6. The van der Waals surface area contributed by atoms with E-state index in [-0.39, 0.29) is 30.4 Å². The van der Waals surface area contributed by atoms with E-state index in [4.69, 9.17) is 4.74 Å². The fourth-order valence-corrected chi connectivity index (χ4v) is 4.69. The van der Waals surface area contributed by atoms with Gasteiger partial charge in [0.15, 0.2) is 6.61 Å². The number of carbonyl (C=O) groups is 2. The van der Waals surface area contributed by atoms with Crippen LogP contribution in [0.3, 0.4) is 0 Å². The molecule has 2 fully saturated rings. The number of ether oxygens (including phenoxy) is 1. The van der Waals surface area contributed by atoms with Gasteiger partial charge in [0.25, 0.3) is 5.91 Å². The third-order valence-electron chi connectivity index (χ3n) is 6.09. The first kappa shape index (κ1) is 20.9. The lowest BCUT2D eigenvalue weighted by atomic mass is 9.94. The van der Waals surface area contributed by atoms with Gasteiger partial charge in [-0.1, -0.05) is 46.3 Å². The van der Waals surface area contributed by atoms with Gasteiger partial charge in [-0.05, 0) is 55.5 Å². The number of hydrogen-bond donors (Lipinski definition) is 0. The number of benzene rings is 2. The van der Waals surface area contributed by atoms with Crippen LogP contribution in [0, 0.1) is 5.92 Å². The predicted molar refractivity (Wildman–Crippen MR) is 119 cm³/mol. The summed E-state index contributed by atoms with van der Waals surface area (Å²) >= 11 is 3.48. The van der Waals surface area contributed by atoms with E-state index in [1.807, 2.05) is 47.4 Å². The van der Waals surface area contributed by atoms with Gasteiger partial charge in [0.1, 0.15) is 5.75 Å². The lowest BCUT2D eigenvalue weighted by molar-refractivity contribution is -0.142. The second-order valence-corrected chi connectivity index (χ2v) is 8.91. The fourth-order valence-electron chi connectivity index (χ4n) is 4.43. The van der Waals surface area contributed by atoms with Gasteiger partial charge in [-0.3, -0.25) is 9.59 Å². The van der Waals surface area contributed by atoms with Crippen LogP contribution >= 0.6 is 15.9 Å². The maximum atomic E-state index is 13.2. The van der Waals surface area contributed by atoms with Crippen LogP contribution in [-0.4, -0.2) is 47.9 Å². The highest BCUT2D eigenvalue weighted by atomic mass is 79.9. The van der Waals surface area contributed by atoms with Crippen LogP contribution < -0.4 is 4.74 Å². The van der Waals surface area contributed by atoms with Crippen molar-refractivity contribution in [3.63, 3.8) is 0 Å². The number of para-hydroxylation sites is 1. The van der Waals surface area contributed by atoms with Crippen molar-refractivity contribution in [1.29, 1.82) is 0 Å². The molecular formula is C24H27BrN2O3. The Morgan fingerprint density at radius 1 is 0.933 bits per heavy atom. The number of nitrogens with zero attached hydrogens (tertiary/aromatic N) is 2. The van der Waals surface area contributed by atoms with Gasteiger partial charge in [0, 0.05) is 30.0 Å². The molecule has 0 saturated carbocycles. The van der Waals surface area contributed by atoms with Crippen LogP contribution in [0.15, 0.2) is 59.1 Å². The highest BCUT2D eigenvalue weighted by Gasteiger charge is 2.36. The summed E-state index contributed by atoms with van der Waals surface area (Å²) in [5.74, 6) is 0.927. The Morgan fingerprint density at radius 2 is 1.63 bits per heavy atom. The molecule has 0 bridgehead atoms.